The first kappa shape index (κ1) is 14.5. The third-order valence-corrected chi connectivity index (χ3v) is 3.66. The molecule has 1 aliphatic heterocycles. The summed E-state index contributed by atoms with van der Waals surface area (Å²) in [5.41, 5.74) is 1.10. The zero-order chi connectivity index (χ0) is 15.9. The number of halogens is 1. The number of hydrogen-bond acceptors (Lipinski definition) is 4. The number of nitrogens with one attached hydrogen (secondary N) is 1. The molecule has 0 atom stereocenters. The van der Waals surface area contributed by atoms with E-state index in [-0.39, 0.29) is 5.56 Å². The number of aromatic carboxylic acids is 1. The minimum atomic E-state index is -1.27. The van der Waals surface area contributed by atoms with E-state index >= 15 is 0 Å². The smallest absolute Gasteiger partial charge is 0.341 e. The van der Waals surface area contributed by atoms with E-state index in [2.05, 4.69) is 5.32 Å². The number of hydrogen-bond donors (Lipinski definition) is 2. The maximum Gasteiger partial charge on any atom is 0.341 e. The van der Waals surface area contributed by atoms with Gasteiger partial charge in [0.25, 0.3) is 5.56 Å². The van der Waals surface area contributed by atoms with Gasteiger partial charge in [0.2, 0.25) is 0 Å². The quantitative estimate of drug-likeness (QED) is 0.886. The molecule has 0 bridgehead atoms. The lowest BCUT2D eigenvalue weighted by atomic mass is 10.0. The van der Waals surface area contributed by atoms with E-state index in [9.17, 15) is 14.7 Å². The van der Waals surface area contributed by atoms with E-state index in [0.717, 1.165) is 5.69 Å². The molecular formula is C15H13ClN2O4. The van der Waals surface area contributed by atoms with Crippen molar-refractivity contribution in [2.45, 2.75) is 0 Å². The summed E-state index contributed by atoms with van der Waals surface area (Å²) in [6, 6.07) is 4.78. The molecule has 0 unspecified atom stereocenters. The second-order valence-corrected chi connectivity index (χ2v) is 5.41. The molecule has 0 amide bonds. The van der Waals surface area contributed by atoms with Gasteiger partial charge in [0.1, 0.15) is 17.9 Å². The third kappa shape index (κ3) is 2.42. The summed E-state index contributed by atoms with van der Waals surface area (Å²) < 4.78 is 6.92. The molecule has 1 aromatic heterocycles. The molecule has 0 fully saturated rings. The third-order valence-electron chi connectivity index (χ3n) is 3.44. The Bertz CT molecular complexity index is 829. The first-order valence-corrected chi connectivity index (χ1v) is 6.99. The number of aromatic nitrogens is 1. The molecule has 1 aromatic carbocycles. The van der Waals surface area contributed by atoms with E-state index in [1.165, 1.54) is 17.7 Å². The number of nitrogens with zero attached hydrogens (tertiary/aromatic N) is 1. The van der Waals surface area contributed by atoms with Crippen molar-refractivity contribution in [1.82, 2.24) is 4.57 Å². The Kier molecular flexibility index (Phi) is 3.54. The summed E-state index contributed by atoms with van der Waals surface area (Å²) in [4.78, 5) is 23.1. The monoisotopic (exact) mass is 320 g/mol. The zero-order valence-electron chi connectivity index (χ0n) is 11.7. The lowest BCUT2D eigenvalue weighted by molar-refractivity contribution is 0.0694. The van der Waals surface area contributed by atoms with Gasteiger partial charge < -0.3 is 19.7 Å². The molecule has 2 heterocycles. The summed E-state index contributed by atoms with van der Waals surface area (Å²) in [6.45, 7) is 1.17. The van der Waals surface area contributed by atoms with Crippen LogP contribution in [0.25, 0.3) is 11.1 Å². The fourth-order valence-electron chi connectivity index (χ4n) is 2.45. The van der Waals surface area contributed by atoms with Crippen LogP contribution in [0.15, 0.2) is 29.2 Å². The summed E-state index contributed by atoms with van der Waals surface area (Å²) >= 11 is 6.12. The molecule has 7 heteroatoms. The molecule has 0 radical (unpaired) electrons. The van der Waals surface area contributed by atoms with Crippen molar-refractivity contribution in [2.75, 3.05) is 18.5 Å². The normalized spacial score (nSPS) is 13.0. The Morgan fingerprint density at radius 3 is 2.91 bits per heavy atom. The highest BCUT2D eigenvalue weighted by Gasteiger charge is 2.19. The van der Waals surface area contributed by atoms with Crippen LogP contribution in [0.2, 0.25) is 5.02 Å². The number of pyridine rings is 1. The lowest BCUT2D eigenvalue weighted by Crippen LogP contribution is -2.24. The predicted octanol–water partition coefficient (Wildman–Crippen LogP) is 2.21. The lowest BCUT2D eigenvalue weighted by Gasteiger charge is -2.22. The van der Waals surface area contributed by atoms with Gasteiger partial charge >= 0.3 is 5.97 Å². The van der Waals surface area contributed by atoms with Crippen LogP contribution in [0.4, 0.5) is 5.69 Å². The molecule has 2 N–H and O–H groups in total. The molecule has 1 aliphatic rings. The van der Waals surface area contributed by atoms with Crippen LogP contribution >= 0.6 is 11.6 Å². The highest BCUT2D eigenvalue weighted by molar-refractivity contribution is 6.31. The Morgan fingerprint density at radius 2 is 2.18 bits per heavy atom. The molecule has 0 saturated carbocycles. The van der Waals surface area contributed by atoms with Gasteiger partial charge in [-0.2, -0.15) is 0 Å². The van der Waals surface area contributed by atoms with Crippen molar-refractivity contribution in [3.05, 3.63) is 45.3 Å². The number of aryl methyl sites for hydroxylation is 1. The number of rotatable bonds is 2. The second-order valence-electron chi connectivity index (χ2n) is 4.97. The molecule has 2 aromatic rings. The van der Waals surface area contributed by atoms with Crippen LogP contribution in [0.5, 0.6) is 5.75 Å². The van der Waals surface area contributed by atoms with Gasteiger partial charge in [-0.05, 0) is 18.2 Å². The van der Waals surface area contributed by atoms with Gasteiger partial charge in [-0.1, -0.05) is 11.6 Å². The average molecular weight is 321 g/mol. The SMILES string of the molecule is Cn1cc(-c2cc(Cl)cc3c2OCCN3)cc(C(=O)O)c1=O. The van der Waals surface area contributed by atoms with Crippen molar-refractivity contribution in [2.24, 2.45) is 7.05 Å². The van der Waals surface area contributed by atoms with Crippen LogP contribution < -0.4 is 15.6 Å². The maximum atomic E-state index is 11.9. The first-order chi connectivity index (χ1) is 10.5. The van der Waals surface area contributed by atoms with Gasteiger partial charge in [-0.25, -0.2) is 4.79 Å². The number of fused-ring (bicyclic) bond motifs is 1. The Labute approximate surface area is 130 Å². The number of anilines is 1. The van der Waals surface area contributed by atoms with E-state index in [1.807, 2.05) is 0 Å². The highest BCUT2D eigenvalue weighted by atomic mass is 35.5. The summed E-state index contributed by atoms with van der Waals surface area (Å²) in [6.07, 6.45) is 1.57. The molecule has 3 rings (SSSR count). The van der Waals surface area contributed by atoms with Crippen LogP contribution in [0.1, 0.15) is 10.4 Å². The molecular weight excluding hydrogens is 308 g/mol. The van der Waals surface area contributed by atoms with Crippen molar-refractivity contribution >= 4 is 23.3 Å². The molecule has 6 nitrogen and oxygen atoms in total. The van der Waals surface area contributed by atoms with E-state index in [4.69, 9.17) is 16.3 Å². The largest absolute Gasteiger partial charge is 0.489 e. The number of carboxylic acids is 1. The Morgan fingerprint density at radius 1 is 1.41 bits per heavy atom. The zero-order valence-corrected chi connectivity index (χ0v) is 12.5. The molecule has 114 valence electrons. The van der Waals surface area contributed by atoms with Crippen molar-refractivity contribution < 1.29 is 14.6 Å². The van der Waals surface area contributed by atoms with E-state index in [1.54, 1.807) is 18.3 Å². The fraction of sp³-hybridized carbons (Fsp3) is 0.200. The number of ether oxygens (including phenoxy) is 1. The predicted molar refractivity (Wildman–Crippen MR) is 83.1 cm³/mol. The Hall–Kier alpha value is -2.47. The van der Waals surface area contributed by atoms with Gasteiger partial charge in [-0.15, -0.1) is 0 Å². The van der Waals surface area contributed by atoms with Crippen LogP contribution in [-0.2, 0) is 7.05 Å². The summed E-state index contributed by atoms with van der Waals surface area (Å²) in [7, 11) is 1.51. The average Bonchev–Trinajstić information content (AvgIpc) is 2.48. The van der Waals surface area contributed by atoms with Crippen LogP contribution in [0.3, 0.4) is 0 Å². The van der Waals surface area contributed by atoms with Crippen molar-refractivity contribution in [3.8, 4) is 16.9 Å². The van der Waals surface area contributed by atoms with Crippen LogP contribution in [0, 0.1) is 0 Å². The topological polar surface area (TPSA) is 80.6 Å². The number of carbonyl (C=O) groups is 1. The summed E-state index contributed by atoms with van der Waals surface area (Å²) in [5.74, 6) is -0.664. The van der Waals surface area contributed by atoms with Crippen LogP contribution in [-0.4, -0.2) is 28.8 Å². The van der Waals surface area contributed by atoms with Crippen molar-refractivity contribution in [3.63, 3.8) is 0 Å². The van der Waals surface area contributed by atoms with E-state index < -0.39 is 11.5 Å². The molecule has 0 saturated heterocycles. The first-order valence-electron chi connectivity index (χ1n) is 6.62. The molecule has 0 aliphatic carbocycles. The Balaban J connectivity index is 2.26. The van der Waals surface area contributed by atoms with Gasteiger partial charge in [0.05, 0.1) is 5.69 Å². The summed E-state index contributed by atoms with van der Waals surface area (Å²) in [5, 5.41) is 12.9. The minimum Gasteiger partial charge on any atom is -0.489 e. The fourth-order valence-corrected chi connectivity index (χ4v) is 2.66. The number of carboxylic acid groups (broad SMARTS) is 1. The second kappa shape index (κ2) is 5.38. The van der Waals surface area contributed by atoms with Gasteiger partial charge in [-0.3, -0.25) is 4.79 Å². The van der Waals surface area contributed by atoms with Gasteiger partial charge in [0, 0.05) is 35.9 Å². The molecule has 0 spiro atoms. The highest BCUT2D eigenvalue weighted by Crippen LogP contribution is 2.40. The van der Waals surface area contributed by atoms with Gasteiger partial charge in [0.15, 0.2) is 0 Å². The maximum absolute atomic E-state index is 11.9. The minimum absolute atomic E-state index is 0.294. The molecule has 22 heavy (non-hydrogen) atoms. The van der Waals surface area contributed by atoms with Crippen molar-refractivity contribution in [1.29, 1.82) is 0 Å². The van der Waals surface area contributed by atoms with E-state index in [0.29, 0.717) is 35.1 Å². The number of benzene rings is 1. The standard InChI is InChI=1S/C15H13ClN2O4/c1-18-7-8(4-11(14(18)19)15(20)21)10-5-9(16)6-12-13(10)22-3-2-17-12/h4-7,17H,2-3H2,1H3,(H,20,21).